The Hall–Kier alpha value is -3.35. The van der Waals surface area contributed by atoms with Crippen LogP contribution in [0, 0.1) is 0 Å². The van der Waals surface area contributed by atoms with Gasteiger partial charge in [-0.25, -0.2) is 0 Å². The molecule has 0 unspecified atom stereocenters. The second-order valence-corrected chi connectivity index (χ2v) is 5.35. The molecule has 7 nitrogen and oxygen atoms in total. The zero-order valence-electron chi connectivity index (χ0n) is 14.7. The van der Waals surface area contributed by atoms with Crippen LogP contribution in [0.25, 0.3) is 0 Å². The molecule has 0 aliphatic rings. The predicted octanol–water partition coefficient (Wildman–Crippen LogP) is 1.70. The number of benzene rings is 2. The van der Waals surface area contributed by atoms with Gasteiger partial charge in [0.15, 0.2) is 0 Å². The normalized spacial score (nSPS) is 9.92. The number of ether oxygens (including phenoxy) is 1. The van der Waals surface area contributed by atoms with Crippen molar-refractivity contribution in [1.82, 2.24) is 10.6 Å². The Labute approximate surface area is 151 Å². The van der Waals surface area contributed by atoms with E-state index in [0.29, 0.717) is 12.3 Å². The Morgan fingerprint density at radius 2 is 1.62 bits per heavy atom. The molecule has 0 aromatic heterocycles. The van der Waals surface area contributed by atoms with Crippen LogP contribution in [0.4, 0.5) is 5.69 Å². The van der Waals surface area contributed by atoms with Crippen LogP contribution in [0.15, 0.2) is 48.5 Å². The summed E-state index contributed by atoms with van der Waals surface area (Å²) in [7, 11) is 1.56. The van der Waals surface area contributed by atoms with E-state index in [2.05, 4.69) is 16.0 Å². The van der Waals surface area contributed by atoms with Gasteiger partial charge in [0.25, 0.3) is 5.91 Å². The molecule has 7 heteroatoms. The molecule has 0 heterocycles. The molecule has 0 radical (unpaired) electrons. The Kier molecular flexibility index (Phi) is 6.73. The lowest BCUT2D eigenvalue weighted by Gasteiger charge is -2.12. The maximum atomic E-state index is 12.5. The molecule has 0 spiro atoms. The number of nitrogens with one attached hydrogen (secondary N) is 3. The van der Waals surface area contributed by atoms with Crippen molar-refractivity contribution in [2.24, 2.45) is 0 Å². The minimum atomic E-state index is -0.822. The van der Waals surface area contributed by atoms with Crippen molar-refractivity contribution in [1.29, 1.82) is 0 Å². The number of anilines is 1. The lowest BCUT2D eigenvalue weighted by molar-refractivity contribution is -0.136. The smallest absolute Gasteiger partial charge is 0.313 e. The zero-order chi connectivity index (χ0) is 18.9. The number of carbonyl (C=O) groups excluding carboxylic acids is 3. The van der Waals surface area contributed by atoms with E-state index in [0.717, 1.165) is 5.56 Å². The lowest BCUT2D eigenvalue weighted by atomic mass is 10.1. The summed E-state index contributed by atoms with van der Waals surface area (Å²) in [5.41, 5.74) is 1.36. The van der Waals surface area contributed by atoms with Crippen LogP contribution in [-0.4, -0.2) is 31.4 Å². The van der Waals surface area contributed by atoms with Gasteiger partial charge in [0, 0.05) is 18.7 Å². The topological polar surface area (TPSA) is 96.5 Å². The van der Waals surface area contributed by atoms with Crippen molar-refractivity contribution in [2.75, 3.05) is 19.0 Å². The summed E-state index contributed by atoms with van der Waals surface area (Å²) in [6, 6.07) is 13.8. The van der Waals surface area contributed by atoms with Crippen LogP contribution < -0.4 is 20.7 Å². The van der Waals surface area contributed by atoms with Crippen molar-refractivity contribution < 1.29 is 19.1 Å². The van der Waals surface area contributed by atoms with E-state index in [1.54, 1.807) is 38.3 Å². The molecule has 3 N–H and O–H groups in total. The number of amides is 3. The Morgan fingerprint density at radius 1 is 0.923 bits per heavy atom. The number of rotatable bonds is 6. The molecule has 0 aliphatic carbocycles. The standard InChI is InChI=1S/C19H21N3O4/c1-3-20-18(24)19(25)22-15-10-6-5-9-14(15)17(23)21-12-13-8-4-7-11-16(13)26-2/h4-11H,3,12H2,1-2H3,(H,20,24)(H,21,23)(H,22,25). The third kappa shape index (κ3) is 4.83. The first kappa shape index (κ1) is 19.0. The monoisotopic (exact) mass is 355 g/mol. The largest absolute Gasteiger partial charge is 0.496 e. The maximum Gasteiger partial charge on any atom is 0.313 e. The molecule has 136 valence electrons. The molecule has 3 amide bonds. The van der Waals surface area contributed by atoms with Gasteiger partial charge in [0.1, 0.15) is 5.75 Å². The molecular formula is C19H21N3O4. The predicted molar refractivity (Wildman–Crippen MR) is 97.9 cm³/mol. The first-order valence-corrected chi connectivity index (χ1v) is 8.15. The van der Waals surface area contributed by atoms with Crippen molar-refractivity contribution in [3.63, 3.8) is 0 Å². The first-order chi connectivity index (χ1) is 12.6. The third-order valence-corrected chi connectivity index (χ3v) is 3.60. The summed E-state index contributed by atoms with van der Waals surface area (Å²) >= 11 is 0. The Bertz CT molecular complexity index is 805. The molecule has 0 saturated carbocycles. The van der Waals surface area contributed by atoms with E-state index in [1.165, 1.54) is 0 Å². The van der Waals surface area contributed by atoms with Gasteiger partial charge in [-0.1, -0.05) is 30.3 Å². The quantitative estimate of drug-likeness (QED) is 0.687. The average molecular weight is 355 g/mol. The van der Waals surface area contributed by atoms with E-state index in [9.17, 15) is 14.4 Å². The highest BCUT2D eigenvalue weighted by molar-refractivity contribution is 6.40. The highest BCUT2D eigenvalue weighted by Gasteiger charge is 2.17. The molecule has 26 heavy (non-hydrogen) atoms. The second kappa shape index (κ2) is 9.22. The van der Waals surface area contributed by atoms with Crippen molar-refractivity contribution in [3.8, 4) is 5.75 Å². The molecule has 0 bridgehead atoms. The molecule has 2 rings (SSSR count). The fourth-order valence-electron chi connectivity index (χ4n) is 2.33. The molecule has 2 aromatic carbocycles. The summed E-state index contributed by atoms with van der Waals surface area (Å²) < 4.78 is 5.26. The van der Waals surface area contributed by atoms with Crippen LogP contribution in [-0.2, 0) is 16.1 Å². The van der Waals surface area contributed by atoms with Crippen LogP contribution in [0.3, 0.4) is 0 Å². The summed E-state index contributed by atoms with van der Waals surface area (Å²) in [5, 5.41) is 7.66. The van der Waals surface area contributed by atoms with Gasteiger partial charge in [-0.2, -0.15) is 0 Å². The van der Waals surface area contributed by atoms with Crippen LogP contribution in [0.5, 0.6) is 5.75 Å². The number of carbonyl (C=O) groups is 3. The van der Waals surface area contributed by atoms with E-state index >= 15 is 0 Å². The highest BCUT2D eigenvalue weighted by Crippen LogP contribution is 2.18. The van der Waals surface area contributed by atoms with Gasteiger partial charge in [0.2, 0.25) is 0 Å². The zero-order valence-corrected chi connectivity index (χ0v) is 14.7. The van der Waals surface area contributed by atoms with E-state index < -0.39 is 11.8 Å². The van der Waals surface area contributed by atoms with E-state index in [4.69, 9.17) is 4.74 Å². The number of methoxy groups -OCH3 is 1. The summed E-state index contributed by atoms with van der Waals surface area (Å²) in [6.07, 6.45) is 0. The molecule has 0 aliphatic heterocycles. The minimum Gasteiger partial charge on any atom is -0.496 e. The fourth-order valence-corrected chi connectivity index (χ4v) is 2.33. The number of hydrogen-bond acceptors (Lipinski definition) is 4. The summed E-state index contributed by atoms with van der Waals surface area (Å²) in [6.45, 7) is 2.32. The summed E-state index contributed by atoms with van der Waals surface area (Å²) in [4.78, 5) is 36.0. The molecule has 0 saturated heterocycles. The second-order valence-electron chi connectivity index (χ2n) is 5.35. The first-order valence-electron chi connectivity index (χ1n) is 8.15. The third-order valence-electron chi connectivity index (χ3n) is 3.60. The van der Waals surface area contributed by atoms with Crippen LogP contribution in [0.1, 0.15) is 22.8 Å². The van der Waals surface area contributed by atoms with Gasteiger partial charge >= 0.3 is 11.8 Å². The van der Waals surface area contributed by atoms with E-state index in [1.807, 2.05) is 24.3 Å². The number of para-hydroxylation sites is 2. The molecule has 2 aromatic rings. The van der Waals surface area contributed by atoms with Gasteiger partial charge in [0.05, 0.1) is 18.4 Å². The van der Waals surface area contributed by atoms with Crippen molar-refractivity contribution >= 4 is 23.4 Å². The summed E-state index contributed by atoms with van der Waals surface area (Å²) in [5.74, 6) is -1.28. The van der Waals surface area contributed by atoms with Gasteiger partial charge < -0.3 is 20.7 Å². The fraction of sp³-hybridized carbons (Fsp3) is 0.211. The van der Waals surface area contributed by atoms with Crippen LogP contribution in [0.2, 0.25) is 0 Å². The lowest BCUT2D eigenvalue weighted by Crippen LogP contribution is -2.35. The van der Waals surface area contributed by atoms with Gasteiger partial charge in [-0.3, -0.25) is 14.4 Å². The van der Waals surface area contributed by atoms with Gasteiger partial charge in [-0.15, -0.1) is 0 Å². The van der Waals surface area contributed by atoms with E-state index in [-0.39, 0.29) is 23.7 Å². The van der Waals surface area contributed by atoms with Crippen molar-refractivity contribution in [2.45, 2.75) is 13.5 Å². The number of likely N-dealkylation sites (N-methyl/N-ethyl adjacent to an activating group) is 1. The number of hydrogen-bond donors (Lipinski definition) is 3. The maximum absolute atomic E-state index is 12.5. The molecule has 0 fully saturated rings. The highest BCUT2D eigenvalue weighted by atomic mass is 16.5. The van der Waals surface area contributed by atoms with Crippen molar-refractivity contribution in [3.05, 3.63) is 59.7 Å². The molecule has 0 atom stereocenters. The average Bonchev–Trinajstić information content (AvgIpc) is 2.66. The van der Waals surface area contributed by atoms with Crippen LogP contribution >= 0.6 is 0 Å². The Morgan fingerprint density at radius 3 is 2.35 bits per heavy atom. The van der Waals surface area contributed by atoms with Gasteiger partial charge in [-0.05, 0) is 25.1 Å². The SMILES string of the molecule is CCNC(=O)C(=O)Nc1ccccc1C(=O)NCc1ccccc1OC. The minimum absolute atomic E-state index is 0.264. The molecular weight excluding hydrogens is 334 g/mol. The Balaban J connectivity index is 2.09.